The number of thioether (sulfide) groups is 1. The summed E-state index contributed by atoms with van der Waals surface area (Å²) in [6, 6.07) is 7.75. The Morgan fingerprint density at radius 1 is 1.24 bits per heavy atom. The summed E-state index contributed by atoms with van der Waals surface area (Å²) in [5.41, 5.74) is 0. The van der Waals surface area contributed by atoms with Crippen LogP contribution < -0.4 is 14.8 Å². The lowest BCUT2D eigenvalue weighted by Crippen LogP contribution is -2.48. The third kappa shape index (κ3) is 6.96. The molecule has 1 N–H and O–H groups in total. The highest BCUT2D eigenvalue weighted by atomic mass is 32.2. The monoisotopic (exact) mass is 419 g/mol. The molecule has 2 aromatic rings. The van der Waals surface area contributed by atoms with Gasteiger partial charge in [0.25, 0.3) is 0 Å². The number of hydrogen-bond donors (Lipinski definition) is 1. The molecule has 0 aliphatic heterocycles. The smallest absolute Gasteiger partial charge is 0.230 e. The highest BCUT2D eigenvalue weighted by Gasteiger charge is 2.28. The average Bonchev–Trinajstić information content (AvgIpc) is 3.14. The molecule has 0 bridgehead atoms. The maximum Gasteiger partial charge on any atom is 0.230 e. The van der Waals surface area contributed by atoms with Crippen molar-refractivity contribution < 1.29 is 18.8 Å². The second-order valence-corrected chi connectivity index (χ2v) is 8.14. The van der Waals surface area contributed by atoms with E-state index in [1.807, 2.05) is 24.3 Å². The van der Waals surface area contributed by atoms with Crippen LogP contribution in [0, 0.1) is 6.92 Å². The Hall–Kier alpha value is -2.22. The van der Waals surface area contributed by atoms with Crippen LogP contribution in [0.1, 0.15) is 50.7 Å². The van der Waals surface area contributed by atoms with Crippen LogP contribution in [-0.4, -0.2) is 40.6 Å². The first kappa shape index (κ1) is 21.5. The molecule has 0 saturated heterocycles. The van der Waals surface area contributed by atoms with Crippen LogP contribution in [0.15, 0.2) is 28.8 Å². The fourth-order valence-corrected chi connectivity index (χ4v) is 3.97. The molecule has 0 spiro atoms. The van der Waals surface area contributed by atoms with Gasteiger partial charge in [-0.1, -0.05) is 18.5 Å². The van der Waals surface area contributed by atoms with E-state index in [4.69, 9.17) is 14.0 Å². The van der Waals surface area contributed by atoms with Crippen molar-refractivity contribution in [3.8, 4) is 11.5 Å². The van der Waals surface area contributed by atoms with Crippen molar-refractivity contribution in [3.05, 3.63) is 36.0 Å². The molecule has 158 valence electrons. The summed E-state index contributed by atoms with van der Waals surface area (Å²) in [7, 11) is 0. The molecule has 3 rings (SSSR count). The van der Waals surface area contributed by atoms with Crippen molar-refractivity contribution in [2.45, 2.75) is 63.9 Å². The zero-order valence-electron chi connectivity index (χ0n) is 17.1. The molecule has 1 saturated carbocycles. The molecule has 0 radical (unpaired) electrons. The van der Waals surface area contributed by atoms with E-state index >= 15 is 0 Å². The molecule has 7 nitrogen and oxygen atoms in total. The molecule has 1 fully saturated rings. The largest absolute Gasteiger partial charge is 0.494 e. The first-order valence-electron chi connectivity index (χ1n) is 10.2. The molecular weight excluding hydrogens is 390 g/mol. The summed E-state index contributed by atoms with van der Waals surface area (Å²) >= 11 is 1.48. The Morgan fingerprint density at radius 3 is 2.72 bits per heavy atom. The fraction of sp³-hybridized carbons (Fsp3) is 0.571. The molecular formula is C21H29N3O4S. The minimum atomic E-state index is -0.0139. The van der Waals surface area contributed by atoms with Crippen LogP contribution >= 0.6 is 11.8 Å². The molecule has 29 heavy (non-hydrogen) atoms. The number of nitrogens with one attached hydrogen (secondary N) is 1. The Morgan fingerprint density at radius 2 is 2.00 bits per heavy atom. The van der Waals surface area contributed by atoms with Gasteiger partial charge in [-0.05, 0) is 49.9 Å². The Balaban J connectivity index is 1.46. The number of aromatic nitrogens is 2. The maximum absolute atomic E-state index is 12.4. The average molecular weight is 420 g/mol. The quantitative estimate of drug-likeness (QED) is 0.625. The Labute approximate surface area is 175 Å². The summed E-state index contributed by atoms with van der Waals surface area (Å²) in [5.74, 6) is 3.74. The van der Waals surface area contributed by atoms with Crippen LogP contribution in [0.5, 0.6) is 11.5 Å². The number of rotatable bonds is 10. The van der Waals surface area contributed by atoms with Crippen molar-refractivity contribution in [1.82, 2.24) is 15.5 Å². The second kappa shape index (κ2) is 11.1. The minimum Gasteiger partial charge on any atom is -0.494 e. The van der Waals surface area contributed by atoms with Crippen molar-refractivity contribution in [1.29, 1.82) is 0 Å². The summed E-state index contributed by atoms with van der Waals surface area (Å²) in [6.45, 7) is 4.55. The van der Waals surface area contributed by atoms with Crippen LogP contribution in [0.2, 0.25) is 0 Å². The van der Waals surface area contributed by atoms with Crippen LogP contribution in [0.4, 0.5) is 0 Å². The second-order valence-electron chi connectivity index (χ2n) is 7.16. The molecule has 1 amide bonds. The molecule has 2 atom stereocenters. The predicted octanol–water partition coefficient (Wildman–Crippen LogP) is 3.91. The first-order valence-corrected chi connectivity index (χ1v) is 11.4. The number of aryl methyl sites for hydroxylation is 1. The van der Waals surface area contributed by atoms with Gasteiger partial charge in [-0.15, -0.1) is 11.8 Å². The van der Waals surface area contributed by atoms with Crippen molar-refractivity contribution in [2.75, 3.05) is 12.4 Å². The van der Waals surface area contributed by atoms with Crippen molar-refractivity contribution >= 4 is 17.7 Å². The maximum atomic E-state index is 12.4. The number of carbonyl (C=O) groups excluding carboxylic acids is 1. The van der Waals surface area contributed by atoms with Gasteiger partial charge in [-0.2, -0.15) is 4.98 Å². The van der Waals surface area contributed by atoms with Gasteiger partial charge in [0.15, 0.2) is 5.82 Å². The zero-order chi connectivity index (χ0) is 20.5. The SMILES string of the molecule is CCCOc1ccc(O[C@@H]2CCCC[C@H]2NC(=O)CSCc2noc(C)n2)cc1. The third-order valence-electron chi connectivity index (χ3n) is 4.67. The fourth-order valence-electron chi connectivity index (χ4n) is 3.30. The zero-order valence-corrected chi connectivity index (χ0v) is 17.9. The minimum absolute atomic E-state index is 0.0130. The van der Waals surface area contributed by atoms with E-state index in [0.29, 0.717) is 29.8 Å². The van der Waals surface area contributed by atoms with Gasteiger partial charge in [0.05, 0.1) is 24.2 Å². The van der Waals surface area contributed by atoms with Crippen LogP contribution in [0.25, 0.3) is 0 Å². The molecule has 0 unspecified atom stereocenters. The van der Waals surface area contributed by atoms with Gasteiger partial charge in [-0.25, -0.2) is 0 Å². The molecule has 1 aromatic carbocycles. The highest BCUT2D eigenvalue weighted by Crippen LogP contribution is 2.26. The number of ether oxygens (including phenoxy) is 2. The van der Waals surface area contributed by atoms with E-state index in [1.54, 1.807) is 6.92 Å². The highest BCUT2D eigenvalue weighted by molar-refractivity contribution is 7.99. The summed E-state index contributed by atoms with van der Waals surface area (Å²) in [6.07, 6.45) is 5.05. The summed E-state index contributed by atoms with van der Waals surface area (Å²) in [4.78, 5) is 16.5. The molecule has 1 aromatic heterocycles. The summed E-state index contributed by atoms with van der Waals surface area (Å²) in [5, 5.41) is 6.99. The first-order chi connectivity index (χ1) is 14.1. The van der Waals surface area contributed by atoms with Gasteiger partial charge in [0.2, 0.25) is 11.8 Å². The van der Waals surface area contributed by atoms with Crippen molar-refractivity contribution in [2.24, 2.45) is 0 Å². The van der Waals surface area contributed by atoms with E-state index in [0.717, 1.165) is 43.6 Å². The van der Waals surface area contributed by atoms with Gasteiger partial charge in [-0.3, -0.25) is 4.79 Å². The van der Waals surface area contributed by atoms with Crippen LogP contribution in [-0.2, 0) is 10.5 Å². The lowest BCUT2D eigenvalue weighted by atomic mass is 9.92. The Kier molecular flexibility index (Phi) is 8.22. The van der Waals surface area contributed by atoms with Gasteiger partial charge in [0, 0.05) is 6.92 Å². The summed E-state index contributed by atoms with van der Waals surface area (Å²) < 4.78 is 16.8. The normalized spacial score (nSPS) is 19.0. The number of carbonyl (C=O) groups is 1. The number of nitrogens with zero attached hydrogens (tertiary/aromatic N) is 2. The number of benzene rings is 1. The number of hydrogen-bond acceptors (Lipinski definition) is 7. The van der Waals surface area contributed by atoms with E-state index < -0.39 is 0 Å². The van der Waals surface area contributed by atoms with E-state index in [2.05, 4.69) is 22.4 Å². The molecule has 1 aliphatic rings. The van der Waals surface area contributed by atoms with Gasteiger partial charge < -0.3 is 19.3 Å². The lowest BCUT2D eigenvalue weighted by Gasteiger charge is -2.32. The molecule has 1 aliphatic carbocycles. The van der Waals surface area contributed by atoms with Gasteiger partial charge in [0.1, 0.15) is 17.6 Å². The van der Waals surface area contributed by atoms with Gasteiger partial charge >= 0.3 is 0 Å². The third-order valence-corrected chi connectivity index (χ3v) is 5.60. The molecule has 8 heteroatoms. The van der Waals surface area contributed by atoms with E-state index in [1.165, 1.54) is 11.8 Å². The van der Waals surface area contributed by atoms with Crippen LogP contribution in [0.3, 0.4) is 0 Å². The number of amides is 1. The molecule has 1 heterocycles. The van der Waals surface area contributed by atoms with E-state index in [-0.39, 0.29) is 18.1 Å². The Bertz CT molecular complexity index is 766. The standard InChI is InChI=1S/C21H29N3O4S/c1-3-12-26-16-8-10-17(11-9-16)27-19-7-5-4-6-18(19)23-21(25)14-29-13-20-22-15(2)28-24-20/h8-11,18-19H,3-7,12-14H2,1-2H3,(H,23,25)/t18-,19-/m1/s1. The lowest BCUT2D eigenvalue weighted by molar-refractivity contribution is -0.120. The predicted molar refractivity (Wildman–Crippen MR) is 112 cm³/mol. The van der Waals surface area contributed by atoms with Crippen molar-refractivity contribution in [3.63, 3.8) is 0 Å². The topological polar surface area (TPSA) is 86.5 Å². The van der Waals surface area contributed by atoms with E-state index in [9.17, 15) is 4.79 Å².